The first-order valence-electron chi connectivity index (χ1n) is 6.03. The fourth-order valence-corrected chi connectivity index (χ4v) is 3.34. The van der Waals surface area contributed by atoms with E-state index in [1.807, 2.05) is 0 Å². The summed E-state index contributed by atoms with van der Waals surface area (Å²) in [5.74, 6) is 0.306. The molecule has 19 heavy (non-hydrogen) atoms. The highest BCUT2D eigenvalue weighted by molar-refractivity contribution is 8.15. The lowest BCUT2D eigenvalue weighted by Crippen LogP contribution is -2.28. The fraction of sp³-hybridized carbons (Fsp3) is 0.385. The molecule has 2 unspecified atom stereocenters. The molecule has 0 bridgehead atoms. The molecule has 0 saturated carbocycles. The smallest absolute Gasteiger partial charge is 0.239 e. The Hall–Kier alpha value is -0.710. The highest BCUT2D eigenvalue weighted by atomic mass is 35.5. The number of benzene rings is 1. The average molecular weight is 317 g/mol. The zero-order valence-electron chi connectivity index (χ0n) is 10.6. The summed E-state index contributed by atoms with van der Waals surface area (Å²) < 4.78 is 0. The largest absolute Gasteiger partial charge is 0.304 e. The number of carbonyl (C=O) groups is 1. The maximum absolute atomic E-state index is 11.9. The van der Waals surface area contributed by atoms with Crippen molar-refractivity contribution < 1.29 is 4.79 Å². The monoisotopic (exact) mass is 316 g/mol. The number of amides is 1. The van der Waals surface area contributed by atoms with Crippen LogP contribution in [0.4, 0.5) is 5.69 Å². The first kappa shape index (κ1) is 14.7. The van der Waals surface area contributed by atoms with Crippen molar-refractivity contribution >= 4 is 51.7 Å². The van der Waals surface area contributed by atoms with Gasteiger partial charge in [0.15, 0.2) is 5.17 Å². The minimum absolute atomic E-state index is 0.00118. The molecule has 1 N–H and O–H groups in total. The van der Waals surface area contributed by atoms with Gasteiger partial charge in [-0.25, -0.2) is 4.99 Å². The number of carbonyl (C=O) groups excluding carboxylic acids is 1. The highest BCUT2D eigenvalue weighted by Gasteiger charge is 2.33. The van der Waals surface area contributed by atoms with E-state index in [1.165, 1.54) is 11.8 Å². The summed E-state index contributed by atoms with van der Waals surface area (Å²) in [5, 5.41) is 4.19. The first-order chi connectivity index (χ1) is 9.02. The van der Waals surface area contributed by atoms with Crippen molar-refractivity contribution in [1.29, 1.82) is 0 Å². The van der Waals surface area contributed by atoms with Gasteiger partial charge in [0.1, 0.15) is 5.69 Å². The number of hydrogen-bond donors (Lipinski definition) is 1. The Morgan fingerprint density at radius 1 is 1.42 bits per heavy atom. The predicted molar refractivity (Wildman–Crippen MR) is 82.5 cm³/mol. The first-order valence-corrected chi connectivity index (χ1v) is 7.66. The van der Waals surface area contributed by atoms with Crippen LogP contribution in [0.15, 0.2) is 23.2 Å². The minimum atomic E-state index is -0.0926. The lowest BCUT2D eigenvalue weighted by atomic mass is 10.0. The fourth-order valence-electron chi connectivity index (χ4n) is 1.72. The van der Waals surface area contributed by atoms with Crippen LogP contribution in [0.25, 0.3) is 0 Å². The van der Waals surface area contributed by atoms with Gasteiger partial charge in [-0.15, -0.1) is 0 Å². The molecule has 1 heterocycles. The number of aliphatic imine (C=N–C) groups is 1. The Kier molecular flexibility index (Phi) is 4.76. The Morgan fingerprint density at radius 3 is 2.63 bits per heavy atom. The lowest BCUT2D eigenvalue weighted by molar-refractivity contribution is -0.119. The van der Waals surface area contributed by atoms with Crippen LogP contribution >= 0.6 is 35.0 Å². The number of nitrogens with one attached hydrogen (secondary N) is 1. The van der Waals surface area contributed by atoms with Crippen LogP contribution in [0.5, 0.6) is 0 Å². The number of hydrogen-bond acceptors (Lipinski definition) is 3. The maximum atomic E-state index is 11.9. The summed E-state index contributed by atoms with van der Waals surface area (Å²) in [5.41, 5.74) is 0.499. The summed E-state index contributed by atoms with van der Waals surface area (Å²) in [7, 11) is 0. The van der Waals surface area contributed by atoms with Crippen LogP contribution in [0.2, 0.25) is 10.0 Å². The van der Waals surface area contributed by atoms with Crippen LogP contribution in [0, 0.1) is 5.92 Å². The average Bonchev–Trinajstić information content (AvgIpc) is 2.74. The third-order valence-electron chi connectivity index (χ3n) is 3.04. The van der Waals surface area contributed by atoms with Crippen molar-refractivity contribution in [3.8, 4) is 0 Å². The number of rotatable bonds is 3. The van der Waals surface area contributed by atoms with Crippen molar-refractivity contribution in [3.05, 3.63) is 28.2 Å². The number of para-hydroxylation sites is 1. The van der Waals surface area contributed by atoms with Crippen molar-refractivity contribution in [1.82, 2.24) is 5.32 Å². The number of amidine groups is 1. The molecule has 1 amide bonds. The summed E-state index contributed by atoms with van der Waals surface area (Å²) >= 11 is 13.5. The quantitative estimate of drug-likeness (QED) is 0.905. The van der Waals surface area contributed by atoms with Crippen molar-refractivity contribution in [2.45, 2.75) is 25.5 Å². The molecular formula is C13H14Cl2N2OS. The molecule has 0 spiro atoms. The van der Waals surface area contributed by atoms with E-state index in [4.69, 9.17) is 23.2 Å². The molecule has 0 aliphatic carbocycles. The van der Waals surface area contributed by atoms with E-state index < -0.39 is 0 Å². The van der Waals surface area contributed by atoms with Crippen LogP contribution in [0.1, 0.15) is 20.3 Å². The van der Waals surface area contributed by atoms with E-state index in [1.54, 1.807) is 18.2 Å². The summed E-state index contributed by atoms with van der Waals surface area (Å²) in [6, 6.07) is 5.21. The normalized spacial score (nSPS) is 22.6. The van der Waals surface area contributed by atoms with Crippen LogP contribution in [0.3, 0.4) is 0 Å². The van der Waals surface area contributed by atoms with E-state index in [2.05, 4.69) is 24.2 Å². The van der Waals surface area contributed by atoms with Gasteiger partial charge in [-0.05, 0) is 18.1 Å². The molecule has 2 atom stereocenters. The van der Waals surface area contributed by atoms with Gasteiger partial charge in [0, 0.05) is 0 Å². The molecule has 3 nitrogen and oxygen atoms in total. The zero-order chi connectivity index (χ0) is 14.0. The highest BCUT2D eigenvalue weighted by Crippen LogP contribution is 2.35. The van der Waals surface area contributed by atoms with Gasteiger partial charge in [-0.3, -0.25) is 4.79 Å². The van der Waals surface area contributed by atoms with E-state index in [0.717, 1.165) is 6.42 Å². The summed E-state index contributed by atoms with van der Waals surface area (Å²) in [6.07, 6.45) is 0.950. The minimum Gasteiger partial charge on any atom is -0.304 e. The van der Waals surface area contributed by atoms with Crippen molar-refractivity contribution in [2.75, 3.05) is 0 Å². The Bertz CT molecular complexity index is 513. The van der Waals surface area contributed by atoms with Gasteiger partial charge < -0.3 is 5.32 Å². The van der Waals surface area contributed by atoms with Crippen LogP contribution in [-0.4, -0.2) is 16.3 Å². The molecule has 0 aromatic heterocycles. The zero-order valence-corrected chi connectivity index (χ0v) is 12.9. The summed E-state index contributed by atoms with van der Waals surface area (Å²) in [4.78, 5) is 16.2. The van der Waals surface area contributed by atoms with Crippen LogP contribution in [-0.2, 0) is 4.79 Å². The van der Waals surface area contributed by atoms with Gasteiger partial charge in [-0.1, -0.05) is 61.3 Å². The molecule has 6 heteroatoms. The Balaban J connectivity index is 2.25. The molecule has 1 aromatic carbocycles. The molecule has 1 fully saturated rings. The van der Waals surface area contributed by atoms with Gasteiger partial charge in [0.2, 0.25) is 5.91 Å². The van der Waals surface area contributed by atoms with Crippen molar-refractivity contribution in [3.63, 3.8) is 0 Å². The number of nitrogens with zero attached hydrogens (tertiary/aromatic N) is 1. The molecule has 1 aliphatic heterocycles. The van der Waals surface area contributed by atoms with Gasteiger partial charge in [0.25, 0.3) is 0 Å². The third kappa shape index (κ3) is 3.25. The molecule has 1 saturated heterocycles. The van der Waals surface area contributed by atoms with E-state index >= 15 is 0 Å². The van der Waals surface area contributed by atoms with E-state index in [0.29, 0.717) is 26.8 Å². The Labute approximate surface area is 126 Å². The van der Waals surface area contributed by atoms with Gasteiger partial charge >= 0.3 is 0 Å². The SMILES string of the molecule is CCC(C)C1SC(=Nc2c(Cl)cccc2Cl)NC1=O. The van der Waals surface area contributed by atoms with Gasteiger partial charge in [-0.2, -0.15) is 0 Å². The second-order valence-corrected chi connectivity index (χ2v) is 6.35. The molecule has 1 aliphatic rings. The second-order valence-electron chi connectivity index (χ2n) is 4.40. The Morgan fingerprint density at radius 2 is 2.05 bits per heavy atom. The standard InChI is InChI=1S/C13H14Cl2N2OS/c1-3-7(2)11-12(18)17-13(19-11)16-10-8(14)5-4-6-9(10)15/h4-7,11H,3H2,1-2H3,(H,16,17,18). The van der Waals surface area contributed by atoms with Crippen LogP contribution < -0.4 is 5.32 Å². The summed E-state index contributed by atoms with van der Waals surface area (Å²) in [6.45, 7) is 4.13. The molecule has 1 aromatic rings. The molecule has 102 valence electrons. The predicted octanol–water partition coefficient (Wildman–Crippen LogP) is 4.26. The maximum Gasteiger partial charge on any atom is 0.239 e. The molecular weight excluding hydrogens is 303 g/mol. The molecule has 2 rings (SSSR count). The topological polar surface area (TPSA) is 41.5 Å². The van der Waals surface area contributed by atoms with Gasteiger partial charge in [0.05, 0.1) is 15.3 Å². The van der Waals surface area contributed by atoms with Crippen molar-refractivity contribution in [2.24, 2.45) is 10.9 Å². The number of thioether (sulfide) groups is 1. The second kappa shape index (κ2) is 6.16. The molecule has 0 radical (unpaired) electrons. The van der Waals surface area contributed by atoms with E-state index in [9.17, 15) is 4.79 Å². The lowest BCUT2D eigenvalue weighted by Gasteiger charge is -2.11. The van der Waals surface area contributed by atoms with E-state index in [-0.39, 0.29) is 11.2 Å². The third-order valence-corrected chi connectivity index (χ3v) is 5.00. The number of halogens is 2.